The Bertz CT molecular complexity index is 1750. The van der Waals surface area contributed by atoms with Gasteiger partial charge in [-0.1, -0.05) is 23.7 Å². The quantitative estimate of drug-likeness (QED) is 0.310. The number of para-hydroxylation sites is 1. The van der Waals surface area contributed by atoms with Crippen molar-refractivity contribution in [3.63, 3.8) is 0 Å². The van der Waals surface area contributed by atoms with Crippen molar-refractivity contribution >= 4 is 45.0 Å². The number of Topliss-reactive ketones (excluding diaryl/α,β-unsaturated/α-hetero) is 1. The number of benzene rings is 2. The van der Waals surface area contributed by atoms with E-state index in [1.54, 1.807) is 36.4 Å². The fourth-order valence-corrected chi connectivity index (χ4v) is 4.86. The van der Waals surface area contributed by atoms with E-state index < -0.39 is 15.8 Å². The van der Waals surface area contributed by atoms with E-state index in [2.05, 4.69) is 14.8 Å². The number of hydrogen-bond acceptors (Lipinski definition) is 7. The highest BCUT2D eigenvalue weighted by Gasteiger charge is 2.26. The number of carbonyl (C=O) groups excluding carboxylic acids is 1. The molecule has 0 atom stereocenters. The van der Waals surface area contributed by atoms with Gasteiger partial charge in [0.2, 0.25) is 15.9 Å². The number of aromatic nitrogens is 3. The lowest BCUT2D eigenvalue weighted by Crippen LogP contribution is -2.11. The molecule has 0 aliphatic heterocycles. The SMILES string of the molecule is Cc1cc(Oc2ccccc2Cl)ncc1-n1ncc(C(=O)C2=Cc3cc(NS(C)(=O)=O)c(F)cc3C2)c1N. The van der Waals surface area contributed by atoms with Crippen LogP contribution in [0.3, 0.4) is 0 Å². The summed E-state index contributed by atoms with van der Waals surface area (Å²) < 4.78 is 46.8. The fraction of sp³-hybridized carbons (Fsp3) is 0.115. The first-order valence-corrected chi connectivity index (χ1v) is 13.6. The molecule has 5 rings (SSSR count). The topological polar surface area (TPSA) is 129 Å². The average Bonchev–Trinajstić information content (AvgIpc) is 3.43. The van der Waals surface area contributed by atoms with Crippen LogP contribution in [0.1, 0.15) is 27.0 Å². The minimum atomic E-state index is -3.67. The number of ether oxygens (including phenoxy) is 1. The van der Waals surface area contributed by atoms with E-state index in [9.17, 15) is 17.6 Å². The summed E-state index contributed by atoms with van der Waals surface area (Å²) in [6, 6.07) is 11.3. The Morgan fingerprint density at radius 1 is 1.21 bits per heavy atom. The van der Waals surface area contributed by atoms with Crippen LogP contribution in [-0.2, 0) is 16.4 Å². The largest absolute Gasteiger partial charge is 0.437 e. The standard InChI is InChI=1S/C26H21ClFN5O4S/c1-14-7-24(37-23-6-4-3-5-19(23)27)30-13-22(14)33-26(29)18(12-31-33)25(34)17-8-15-10-20(28)21(11-16(15)9-17)32-38(2,35)36/h3-7,9-13,32H,8,29H2,1-2H3. The maximum absolute atomic E-state index is 14.4. The third-order valence-corrected chi connectivity index (χ3v) is 6.82. The molecule has 0 bridgehead atoms. The zero-order chi connectivity index (χ0) is 27.2. The van der Waals surface area contributed by atoms with Gasteiger partial charge < -0.3 is 10.5 Å². The molecule has 12 heteroatoms. The van der Waals surface area contributed by atoms with Crippen molar-refractivity contribution in [1.29, 1.82) is 0 Å². The molecule has 2 aromatic heterocycles. The van der Waals surface area contributed by atoms with E-state index in [0.29, 0.717) is 39.0 Å². The Morgan fingerprint density at radius 2 is 1.97 bits per heavy atom. The second-order valence-electron chi connectivity index (χ2n) is 8.78. The number of allylic oxidation sites excluding steroid dienone is 1. The van der Waals surface area contributed by atoms with Crippen LogP contribution in [0.4, 0.5) is 15.9 Å². The monoisotopic (exact) mass is 553 g/mol. The smallest absolute Gasteiger partial charge is 0.229 e. The number of fused-ring (bicyclic) bond motifs is 1. The molecule has 0 saturated carbocycles. The van der Waals surface area contributed by atoms with Gasteiger partial charge in [0.1, 0.15) is 17.4 Å². The lowest BCUT2D eigenvalue weighted by molar-refractivity contribution is 0.103. The number of nitrogens with zero attached hydrogens (tertiary/aromatic N) is 3. The average molecular weight is 554 g/mol. The van der Waals surface area contributed by atoms with Crippen LogP contribution in [0.2, 0.25) is 5.02 Å². The number of halogens is 2. The predicted octanol–water partition coefficient (Wildman–Crippen LogP) is 4.94. The number of hydrogen-bond donors (Lipinski definition) is 2. The summed E-state index contributed by atoms with van der Waals surface area (Å²) in [5, 5.41) is 4.74. The number of ketones is 1. The number of nitrogens with two attached hydrogens (primary N) is 1. The van der Waals surface area contributed by atoms with Crippen molar-refractivity contribution in [2.45, 2.75) is 13.3 Å². The van der Waals surface area contributed by atoms with Gasteiger partial charge >= 0.3 is 0 Å². The minimum Gasteiger partial charge on any atom is -0.437 e. The lowest BCUT2D eigenvalue weighted by atomic mass is 10.0. The Labute approximate surface area is 222 Å². The first-order chi connectivity index (χ1) is 18.0. The minimum absolute atomic E-state index is 0.113. The Hall–Kier alpha value is -4.22. The van der Waals surface area contributed by atoms with Crippen LogP contribution >= 0.6 is 11.6 Å². The molecule has 38 heavy (non-hydrogen) atoms. The van der Waals surface area contributed by atoms with Crippen LogP contribution in [-0.4, -0.2) is 35.2 Å². The molecular formula is C26H21ClFN5O4S. The molecule has 0 fully saturated rings. The summed E-state index contributed by atoms with van der Waals surface area (Å²) in [6.45, 7) is 1.83. The van der Waals surface area contributed by atoms with Gasteiger partial charge in [0.05, 0.1) is 40.6 Å². The maximum atomic E-state index is 14.4. The number of rotatable bonds is 7. The number of carbonyl (C=O) groups is 1. The molecule has 194 valence electrons. The predicted molar refractivity (Wildman–Crippen MR) is 143 cm³/mol. The summed E-state index contributed by atoms with van der Waals surface area (Å²) >= 11 is 6.15. The molecule has 0 radical (unpaired) electrons. The van der Waals surface area contributed by atoms with Crippen molar-refractivity contribution in [3.8, 4) is 17.3 Å². The van der Waals surface area contributed by atoms with Gasteiger partial charge in [0.25, 0.3) is 0 Å². The van der Waals surface area contributed by atoms with E-state index >= 15 is 0 Å². The Kier molecular flexibility index (Phi) is 6.41. The van der Waals surface area contributed by atoms with Crippen molar-refractivity contribution in [2.75, 3.05) is 16.7 Å². The molecule has 2 aromatic carbocycles. The first-order valence-electron chi connectivity index (χ1n) is 11.3. The van der Waals surface area contributed by atoms with Gasteiger partial charge in [-0.05, 0) is 54.0 Å². The number of pyridine rings is 1. The zero-order valence-corrected chi connectivity index (χ0v) is 21.8. The summed E-state index contributed by atoms with van der Waals surface area (Å²) in [5.41, 5.74) is 9.08. The van der Waals surface area contributed by atoms with Crippen molar-refractivity contribution < 1.29 is 22.3 Å². The molecule has 1 aliphatic carbocycles. The van der Waals surface area contributed by atoms with Crippen LogP contribution < -0.4 is 15.2 Å². The number of anilines is 2. The van der Waals surface area contributed by atoms with Crippen LogP contribution in [0.25, 0.3) is 11.8 Å². The highest BCUT2D eigenvalue weighted by atomic mass is 35.5. The summed E-state index contributed by atoms with van der Waals surface area (Å²) in [4.78, 5) is 17.6. The fourth-order valence-electron chi connectivity index (χ4n) is 4.12. The number of sulfonamides is 1. The second kappa shape index (κ2) is 9.58. The van der Waals surface area contributed by atoms with Gasteiger partial charge in [0, 0.05) is 18.1 Å². The normalized spacial score (nSPS) is 12.7. The van der Waals surface area contributed by atoms with E-state index in [1.165, 1.54) is 29.2 Å². The van der Waals surface area contributed by atoms with E-state index in [1.807, 2.05) is 6.92 Å². The summed E-state index contributed by atoms with van der Waals surface area (Å²) in [7, 11) is -3.67. The van der Waals surface area contributed by atoms with E-state index in [4.69, 9.17) is 22.1 Å². The van der Waals surface area contributed by atoms with E-state index in [-0.39, 0.29) is 29.3 Å². The third kappa shape index (κ3) is 4.98. The molecule has 0 amide bonds. The molecule has 0 spiro atoms. The third-order valence-electron chi connectivity index (χ3n) is 5.92. The molecule has 0 saturated heterocycles. The van der Waals surface area contributed by atoms with Gasteiger partial charge in [-0.2, -0.15) is 5.10 Å². The second-order valence-corrected chi connectivity index (χ2v) is 10.9. The highest BCUT2D eigenvalue weighted by Crippen LogP contribution is 2.33. The molecule has 3 N–H and O–H groups in total. The van der Waals surface area contributed by atoms with Crippen molar-refractivity contribution in [2.24, 2.45) is 0 Å². The number of nitrogen functional groups attached to an aromatic ring is 1. The summed E-state index contributed by atoms with van der Waals surface area (Å²) in [5.74, 6) is -0.194. The molecule has 0 unspecified atom stereocenters. The summed E-state index contributed by atoms with van der Waals surface area (Å²) in [6.07, 6.45) is 5.59. The lowest BCUT2D eigenvalue weighted by Gasteiger charge is -2.11. The zero-order valence-electron chi connectivity index (χ0n) is 20.2. The van der Waals surface area contributed by atoms with Gasteiger partial charge in [-0.25, -0.2) is 22.5 Å². The van der Waals surface area contributed by atoms with Gasteiger partial charge in [-0.3, -0.25) is 9.52 Å². The number of nitrogens with one attached hydrogen (secondary N) is 1. The van der Waals surface area contributed by atoms with Crippen LogP contribution in [0, 0.1) is 12.7 Å². The Balaban J connectivity index is 1.39. The Morgan fingerprint density at radius 3 is 2.68 bits per heavy atom. The molecule has 9 nitrogen and oxygen atoms in total. The van der Waals surface area contributed by atoms with Gasteiger partial charge in [0.15, 0.2) is 5.78 Å². The molecular weight excluding hydrogens is 533 g/mol. The van der Waals surface area contributed by atoms with Crippen LogP contribution in [0.15, 0.2) is 60.4 Å². The molecule has 1 aliphatic rings. The van der Waals surface area contributed by atoms with Gasteiger partial charge in [-0.15, -0.1) is 0 Å². The highest BCUT2D eigenvalue weighted by molar-refractivity contribution is 7.92. The van der Waals surface area contributed by atoms with Crippen molar-refractivity contribution in [3.05, 3.63) is 93.5 Å². The number of aryl methyl sites for hydroxylation is 1. The molecule has 2 heterocycles. The molecule has 4 aromatic rings. The van der Waals surface area contributed by atoms with E-state index in [0.717, 1.165) is 11.8 Å². The van der Waals surface area contributed by atoms with Crippen LogP contribution in [0.5, 0.6) is 11.6 Å². The first kappa shape index (κ1) is 25.4. The van der Waals surface area contributed by atoms with Crippen molar-refractivity contribution in [1.82, 2.24) is 14.8 Å². The maximum Gasteiger partial charge on any atom is 0.229 e.